The second-order valence-corrected chi connectivity index (χ2v) is 14.5. The Morgan fingerprint density at radius 2 is 0.730 bits per heavy atom. The zero-order chi connectivity index (χ0) is 28.7. The molecule has 0 aliphatic rings. The van der Waals surface area contributed by atoms with Gasteiger partial charge in [0.25, 0.3) is 0 Å². The first-order chi connectivity index (χ1) is 16.5. The van der Waals surface area contributed by atoms with Gasteiger partial charge in [-0.25, -0.2) is 0 Å². The van der Waals surface area contributed by atoms with Crippen LogP contribution < -0.4 is 9.47 Å². The number of ether oxygens (including phenoxy) is 2. The van der Waals surface area contributed by atoms with E-state index in [-0.39, 0.29) is 21.7 Å². The van der Waals surface area contributed by atoms with Crippen molar-refractivity contribution in [1.82, 2.24) is 0 Å². The van der Waals surface area contributed by atoms with E-state index in [1.54, 1.807) is 0 Å². The lowest BCUT2D eigenvalue weighted by atomic mass is 9.78. The Morgan fingerprint density at radius 3 is 0.919 bits per heavy atom. The largest absolute Gasteiger partial charge is 0.425 e. The molecule has 2 aromatic rings. The van der Waals surface area contributed by atoms with Crippen LogP contribution in [0.5, 0.6) is 11.5 Å². The lowest BCUT2D eigenvalue weighted by Crippen LogP contribution is -2.26. The molecule has 0 atom stereocenters. The Labute approximate surface area is 225 Å². The Kier molecular flexibility index (Phi) is 8.49. The van der Waals surface area contributed by atoms with Crippen LogP contribution in [0.2, 0.25) is 0 Å². The van der Waals surface area contributed by atoms with Crippen LogP contribution in [0.4, 0.5) is 0 Å². The fourth-order valence-corrected chi connectivity index (χ4v) is 4.41. The fraction of sp³-hybridized carbons (Fsp3) is 0.576. The van der Waals surface area contributed by atoms with Gasteiger partial charge in [-0.2, -0.15) is 0 Å². The van der Waals surface area contributed by atoms with Gasteiger partial charge in [0.1, 0.15) is 17.9 Å². The molecule has 0 fully saturated rings. The molecule has 4 heteroatoms. The first kappa shape index (κ1) is 30.6. The second-order valence-electron chi connectivity index (χ2n) is 14.5. The molecule has 0 saturated heterocycles. The minimum atomic E-state index is -0.619. The maximum absolute atomic E-state index is 13.2. The molecule has 204 valence electrons. The highest BCUT2D eigenvalue weighted by Crippen LogP contribution is 2.42. The molecule has 0 unspecified atom stereocenters. The van der Waals surface area contributed by atoms with Crippen molar-refractivity contribution in [1.29, 1.82) is 0 Å². The fourth-order valence-electron chi connectivity index (χ4n) is 4.41. The molecular formula is C33H48O4. The van der Waals surface area contributed by atoms with Gasteiger partial charge in [-0.1, -0.05) is 118 Å². The standard InChI is InChI=1S/C33H48O4/c1-20-15-22(30(3,4)5)28(23(16-20)31(6,7)8)36-26(34)19-27(35)37-29-24(32(9,10)11)17-21(2)18-25(29)33(12,13)14/h15-18H,19H2,1-14H3. The third-order valence-corrected chi connectivity index (χ3v) is 6.42. The van der Waals surface area contributed by atoms with Crippen molar-refractivity contribution in [3.8, 4) is 11.5 Å². The normalized spacial score (nSPS) is 12.9. The molecule has 0 N–H and O–H groups in total. The van der Waals surface area contributed by atoms with Gasteiger partial charge in [-0.05, 0) is 35.5 Å². The van der Waals surface area contributed by atoms with Gasteiger partial charge in [-0.3, -0.25) is 9.59 Å². The summed E-state index contributed by atoms with van der Waals surface area (Å²) in [6.45, 7) is 29.3. The first-order valence-corrected chi connectivity index (χ1v) is 13.2. The van der Waals surface area contributed by atoms with Crippen molar-refractivity contribution >= 4 is 11.9 Å². The van der Waals surface area contributed by atoms with Crippen molar-refractivity contribution < 1.29 is 19.1 Å². The maximum Gasteiger partial charge on any atom is 0.322 e. The summed E-state index contributed by atoms with van der Waals surface area (Å²) in [5.74, 6) is -0.146. The number of carbonyl (C=O) groups is 2. The highest BCUT2D eigenvalue weighted by molar-refractivity contribution is 5.93. The van der Waals surface area contributed by atoms with Crippen LogP contribution in [0.15, 0.2) is 24.3 Å². The van der Waals surface area contributed by atoms with Gasteiger partial charge in [0, 0.05) is 22.3 Å². The van der Waals surface area contributed by atoms with Crippen molar-refractivity contribution in [3.63, 3.8) is 0 Å². The van der Waals surface area contributed by atoms with Gasteiger partial charge in [-0.15, -0.1) is 0 Å². The van der Waals surface area contributed by atoms with Crippen LogP contribution in [-0.2, 0) is 31.2 Å². The van der Waals surface area contributed by atoms with Crippen molar-refractivity contribution in [2.45, 2.75) is 125 Å². The first-order valence-electron chi connectivity index (χ1n) is 13.2. The van der Waals surface area contributed by atoms with Gasteiger partial charge < -0.3 is 9.47 Å². The van der Waals surface area contributed by atoms with Gasteiger partial charge >= 0.3 is 11.9 Å². The molecule has 0 aromatic heterocycles. The molecule has 0 aliphatic heterocycles. The molecule has 0 amide bonds. The molecule has 2 aromatic carbocycles. The average Bonchev–Trinajstić information content (AvgIpc) is 2.66. The van der Waals surface area contributed by atoms with Crippen LogP contribution in [0.25, 0.3) is 0 Å². The highest BCUT2D eigenvalue weighted by atomic mass is 16.6. The molecular weight excluding hydrogens is 460 g/mol. The van der Waals surface area contributed by atoms with Crippen molar-refractivity contribution in [2.24, 2.45) is 0 Å². The van der Waals surface area contributed by atoms with Crippen molar-refractivity contribution in [3.05, 3.63) is 57.6 Å². The van der Waals surface area contributed by atoms with Crippen LogP contribution in [0, 0.1) is 13.8 Å². The van der Waals surface area contributed by atoms with E-state index < -0.39 is 18.4 Å². The lowest BCUT2D eigenvalue weighted by molar-refractivity contribution is -0.144. The summed E-state index contributed by atoms with van der Waals surface area (Å²) in [4.78, 5) is 26.3. The summed E-state index contributed by atoms with van der Waals surface area (Å²) in [6.07, 6.45) is -0.470. The SMILES string of the molecule is Cc1cc(C(C)(C)C)c(OC(=O)CC(=O)Oc2c(C(C)(C)C)cc(C)cc2C(C)(C)C)c(C(C)(C)C)c1. The molecule has 37 heavy (non-hydrogen) atoms. The minimum Gasteiger partial charge on any atom is -0.425 e. The maximum atomic E-state index is 13.2. The summed E-state index contributed by atoms with van der Waals surface area (Å²) >= 11 is 0. The van der Waals surface area contributed by atoms with Crippen molar-refractivity contribution in [2.75, 3.05) is 0 Å². The molecule has 0 heterocycles. The average molecular weight is 509 g/mol. The van der Waals surface area contributed by atoms with Gasteiger partial charge in [0.15, 0.2) is 0 Å². The van der Waals surface area contributed by atoms with Crippen LogP contribution in [-0.4, -0.2) is 11.9 Å². The quantitative estimate of drug-likeness (QED) is 0.236. The minimum absolute atomic E-state index is 0.243. The Bertz CT molecular complexity index is 1010. The smallest absolute Gasteiger partial charge is 0.322 e. The topological polar surface area (TPSA) is 52.6 Å². The van der Waals surface area contributed by atoms with E-state index in [0.717, 1.165) is 33.4 Å². The number of rotatable bonds is 4. The molecule has 4 nitrogen and oxygen atoms in total. The summed E-state index contributed by atoms with van der Waals surface area (Å²) in [6, 6.07) is 8.25. The van der Waals surface area contributed by atoms with Gasteiger partial charge in [0.2, 0.25) is 0 Å². The molecule has 0 radical (unpaired) electrons. The number of esters is 2. The van der Waals surface area contributed by atoms with E-state index in [1.165, 1.54) is 0 Å². The van der Waals surface area contributed by atoms with E-state index in [0.29, 0.717) is 11.5 Å². The molecule has 2 rings (SSSR count). The molecule has 0 aliphatic carbocycles. The summed E-state index contributed by atoms with van der Waals surface area (Å²) in [5.41, 5.74) is 5.03. The number of hydrogen-bond donors (Lipinski definition) is 0. The zero-order valence-corrected chi connectivity index (χ0v) is 25.6. The van der Waals surface area contributed by atoms with E-state index >= 15 is 0 Å². The third kappa shape index (κ3) is 7.69. The predicted octanol–water partition coefficient (Wildman–Crippen LogP) is 8.39. The lowest BCUT2D eigenvalue weighted by Gasteiger charge is -2.30. The van der Waals surface area contributed by atoms with Crippen LogP contribution in [0.3, 0.4) is 0 Å². The monoisotopic (exact) mass is 508 g/mol. The van der Waals surface area contributed by atoms with E-state index in [2.05, 4.69) is 121 Å². The van der Waals surface area contributed by atoms with E-state index in [4.69, 9.17) is 9.47 Å². The number of carbonyl (C=O) groups excluding carboxylic acids is 2. The van der Waals surface area contributed by atoms with E-state index in [9.17, 15) is 9.59 Å². The Hall–Kier alpha value is -2.62. The summed E-state index contributed by atoms with van der Waals surface area (Å²) in [5, 5.41) is 0. The van der Waals surface area contributed by atoms with Crippen LogP contribution >= 0.6 is 0 Å². The number of aryl methyl sites for hydroxylation is 2. The Morgan fingerprint density at radius 1 is 0.514 bits per heavy atom. The predicted molar refractivity (Wildman–Crippen MR) is 153 cm³/mol. The molecule has 0 spiro atoms. The number of hydrogen-bond acceptors (Lipinski definition) is 4. The zero-order valence-electron chi connectivity index (χ0n) is 25.6. The highest BCUT2D eigenvalue weighted by Gasteiger charge is 2.31. The molecule has 0 bridgehead atoms. The van der Waals surface area contributed by atoms with Gasteiger partial charge in [0.05, 0.1) is 0 Å². The molecule has 0 saturated carbocycles. The van der Waals surface area contributed by atoms with E-state index in [1.807, 2.05) is 0 Å². The third-order valence-electron chi connectivity index (χ3n) is 6.42. The number of benzene rings is 2. The second kappa shape index (κ2) is 10.3. The summed E-state index contributed by atoms with van der Waals surface area (Å²) < 4.78 is 11.9. The summed E-state index contributed by atoms with van der Waals surface area (Å²) in [7, 11) is 0. The Balaban J connectivity index is 2.45. The van der Waals surface area contributed by atoms with Crippen LogP contribution in [0.1, 0.15) is 123 Å².